The maximum Gasteiger partial charge on any atom is 0.303 e. The summed E-state index contributed by atoms with van der Waals surface area (Å²) in [5.74, 6) is -7.49. The van der Waals surface area contributed by atoms with Crippen LogP contribution in [0, 0.1) is 11.8 Å². The molecule has 3 rings (SSSR count). The molecule has 18 nitrogen and oxygen atoms in total. The topological polar surface area (TPSA) is 297 Å². The summed E-state index contributed by atoms with van der Waals surface area (Å²) in [6.07, 6.45) is 0.993. The van der Waals surface area contributed by atoms with E-state index in [1.165, 1.54) is 6.92 Å². The zero-order valence-electron chi connectivity index (χ0n) is 33.3. The summed E-state index contributed by atoms with van der Waals surface area (Å²) >= 11 is 0. The fourth-order valence-corrected chi connectivity index (χ4v) is 6.03. The molecule has 0 fully saturated rings. The monoisotopic (exact) mass is 805 g/mol. The fourth-order valence-electron chi connectivity index (χ4n) is 6.03. The van der Waals surface area contributed by atoms with Crippen LogP contribution >= 0.6 is 0 Å². The highest BCUT2D eigenvalue weighted by molar-refractivity contribution is 5.97. The van der Waals surface area contributed by atoms with Crippen molar-refractivity contribution < 1.29 is 43.5 Å². The van der Waals surface area contributed by atoms with Gasteiger partial charge in [-0.1, -0.05) is 76.2 Å². The molecule has 0 aliphatic carbocycles. The number of hydrogen-bond donors (Lipinski definition) is 10. The standard InChI is InChI=1S/C40H55N9O9/c1-21(2)33(39(57)44-20-31(42)50)49-40(58)34(22(3)4)48-37(55)29(15-16-32(51)52)46-38(56)30(17-24-11-7-6-8-12-24)47-35(53)23(5)45-36(54)27(41)18-25-19-43-28-14-10-9-13-26(25)28/h6-14,19,21-23,27,29-30,33-34,43H,15-18,20,41H2,1-5H3,(H2,42,50)(H,44,57)(H,45,54)(H,46,56)(H,47,53)(H,48,55)(H,49,58)(H,51,52)/t23-,27-,29-,30-,33-,34-/m0/s1. The van der Waals surface area contributed by atoms with E-state index in [-0.39, 0.29) is 19.3 Å². The lowest BCUT2D eigenvalue weighted by atomic mass is 9.99. The van der Waals surface area contributed by atoms with Crippen LogP contribution in [0.3, 0.4) is 0 Å². The van der Waals surface area contributed by atoms with Gasteiger partial charge in [-0.3, -0.25) is 38.4 Å². The molecule has 3 aromatic rings. The Morgan fingerprint density at radius 1 is 0.655 bits per heavy atom. The molecule has 314 valence electrons. The number of aliphatic carboxylic acids is 1. The Balaban J connectivity index is 1.76. The Kier molecular flexibility index (Phi) is 17.4. The molecule has 0 saturated heterocycles. The predicted molar refractivity (Wildman–Crippen MR) is 214 cm³/mol. The molecule has 12 N–H and O–H groups in total. The largest absolute Gasteiger partial charge is 0.481 e. The Labute approximate surface area is 336 Å². The highest BCUT2D eigenvalue weighted by Gasteiger charge is 2.34. The van der Waals surface area contributed by atoms with Crippen molar-refractivity contribution >= 4 is 58.2 Å². The predicted octanol–water partition coefficient (Wildman–Crippen LogP) is -0.497. The Morgan fingerprint density at radius 2 is 1.22 bits per heavy atom. The molecular weight excluding hydrogens is 750 g/mol. The van der Waals surface area contributed by atoms with Gasteiger partial charge in [-0.15, -0.1) is 0 Å². The summed E-state index contributed by atoms with van der Waals surface area (Å²) < 4.78 is 0. The van der Waals surface area contributed by atoms with Gasteiger partial charge < -0.3 is 53.5 Å². The molecule has 0 saturated carbocycles. The molecular formula is C40H55N9O9. The first kappa shape index (κ1) is 46.1. The number of nitrogens with two attached hydrogens (primary N) is 2. The van der Waals surface area contributed by atoms with Gasteiger partial charge in [0.25, 0.3) is 0 Å². The number of aromatic nitrogens is 1. The molecule has 0 radical (unpaired) electrons. The number of carboxylic acids is 1. The van der Waals surface area contributed by atoms with Gasteiger partial charge in [0, 0.05) is 29.9 Å². The number of carbonyl (C=O) groups is 8. The molecule has 0 aliphatic rings. The number of para-hydroxylation sites is 1. The van der Waals surface area contributed by atoms with Crippen molar-refractivity contribution in [2.75, 3.05) is 6.54 Å². The van der Waals surface area contributed by atoms with Crippen LogP contribution in [0.15, 0.2) is 60.8 Å². The smallest absolute Gasteiger partial charge is 0.303 e. The van der Waals surface area contributed by atoms with E-state index >= 15 is 0 Å². The number of primary amides is 1. The second-order valence-electron chi connectivity index (χ2n) is 14.8. The van der Waals surface area contributed by atoms with Gasteiger partial charge in [0.05, 0.1) is 12.6 Å². The summed E-state index contributed by atoms with van der Waals surface area (Å²) in [5, 5.41) is 25.6. The van der Waals surface area contributed by atoms with Crippen molar-refractivity contribution in [2.24, 2.45) is 23.3 Å². The first-order valence-corrected chi connectivity index (χ1v) is 19.0. The lowest BCUT2D eigenvalue weighted by Gasteiger charge is -2.29. The normalized spacial score (nSPS) is 14.3. The maximum atomic E-state index is 13.9. The number of carboxylic acid groups (broad SMARTS) is 1. The van der Waals surface area contributed by atoms with Crippen LogP contribution in [0.1, 0.15) is 58.6 Å². The van der Waals surface area contributed by atoms with E-state index in [0.717, 1.165) is 16.5 Å². The number of benzene rings is 2. The first-order chi connectivity index (χ1) is 27.4. The van der Waals surface area contributed by atoms with E-state index in [2.05, 4.69) is 36.9 Å². The summed E-state index contributed by atoms with van der Waals surface area (Å²) in [4.78, 5) is 106. The Hall–Kier alpha value is -6.30. The number of nitrogens with one attached hydrogen (secondary N) is 7. The van der Waals surface area contributed by atoms with E-state index in [1.807, 2.05) is 24.3 Å². The molecule has 7 amide bonds. The van der Waals surface area contributed by atoms with Gasteiger partial charge in [-0.2, -0.15) is 0 Å². The van der Waals surface area contributed by atoms with Crippen molar-refractivity contribution in [2.45, 2.75) is 96.6 Å². The molecule has 1 aromatic heterocycles. The van der Waals surface area contributed by atoms with Crippen LogP contribution in [0.25, 0.3) is 10.9 Å². The highest BCUT2D eigenvalue weighted by atomic mass is 16.4. The minimum atomic E-state index is -1.48. The van der Waals surface area contributed by atoms with E-state index in [0.29, 0.717) is 5.56 Å². The van der Waals surface area contributed by atoms with E-state index in [4.69, 9.17) is 11.5 Å². The number of hydrogen-bond acceptors (Lipinski definition) is 9. The molecule has 2 aromatic carbocycles. The van der Waals surface area contributed by atoms with E-state index in [1.54, 1.807) is 64.2 Å². The molecule has 18 heteroatoms. The second kappa shape index (κ2) is 21.9. The molecule has 0 aliphatic heterocycles. The van der Waals surface area contributed by atoms with Crippen LogP contribution in [0.4, 0.5) is 0 Å². The van der Waals surface area contributed by atoms with Crippen LogP contribution < -0.4 is 43.4 Å². The van der Waals surface area contributed by atoms with Crippen molar-refractivity contribution in [1.29, 1.82) is 0 Å². The molecule has 58 heavy (non-hydrogen) atoms. The van der Waals surface area contributed by atoms with Gasteiger partial charge in [0.1, 0.15) is 30.2 Å². The number of rotatable bonds is 22. The summed E-state index contributed by atoms with van der Waals surface area (Å²) in [5.41, 5.74) is 13.7. The van der Waals surface area contributed by atoms with Crippen molar-refractivity contribution in [3.8, 4) is 0 Å². The third kappa shape index (κ3) is 14.0. The lowest BCUT2D eigenvalue weighted by Crippen LogP contribution is -2.61. The van der Waals surface area contributed by atoms with Crippen LogP contribution in [-0.4, -0.2) is 100 Å². The average molecular weight is 806 g/mol. The number of H-pyrrole nitrogens is 1. The number of carbonyl (C=O) groups excluding carboxylic acids is 7. The molecule has 0 bridgehead atoms. The minimum absolute atomic E-state index is 0.0438. The van der Waals surface area contributed by atoms with Crippen molar-refractivity contribution in [3.63, 3.8) is 0 Å². The van der Waals surface area contributed by atoms with Gasteiger partial charge in [0.15, 0.2) is 0 Å². The van der Waals surface area contributed by atoms with Crippen LogP contribution in [-0.2, 0) is 51.2 Å². The summed E-state index contributed by atoms with van der Waals surface area (Å²) in [7, 11) is 0. The second-order valence-corrected chi connectivity index (χ2v) is 14.8. The molecule has 1 heterocycles. The quantitative estimate of drug-likeness (QED) is 0.0621. The molecule has 0 spiro atoms. The fraction of sp³-hybridized carbons (Fsp3) is 0.450. The zero-order valence-corrected chi connectivity index (χ0v) is 33.3. The third-order valence-electron chi connectivity index (χ3n) is 9.33. The lowest BCUT2D eigenvalue weighted by molar-refractivity contribution is -0.139. The SMILES string of the molecule is CC(C)[C@H](NC(=O)[C@H](CCC(=O)O)NC(=O)[C@H](Cc1ccccc1)NC(=O)[C@H](C)NC(=O)[C@@H](N)Cc1c[nH]c2ccccc12)C(=O)N[C@H](C(=O)NCC(N)=O)C(C)C. The summed E-state index contributed by atoms with van der Waals surface area (Å²) in [6.45, 7) is 7.56. The van der Waals surface area contributed by atoms with E-state index in [9.17, 15) is 43.5 Å². The number of aromatic amines is 1. The van der Waals surface area contributed by atoms with Gasteiger partial charge in [-0.25, -0.2) is 0 Å². The average Bonchev–Trinajstić information content (AvgIpc) is 3.58. The first-order valence-electron chi connectivity index (χ1n) is 19.0. The molecule has 6 atom stereocenters. The number of fused-ring (bicyclic) bond motifs is 1. The Morgan fingerprint density at radius 3 is 1.84 bits per heavy atom. The van der Waals surface area contributed by atoms with Crippen LogP contribution in [0.2, 0.25) is 0 Å². The zero-order chi connectivity index (χ0) is 43.1. The summed E-state index contributed by atoms with van der Waals surface area (Å²) in [6, 6.07) is 8.94. The minimum Gasteiger partial charge on any atom is -0.481 e. The van der Waals surface area contributed by atoms with Crippen LogP contribution in [0.5, 0.6) is 0 Å². The number of amides is 7. The van der Waals surface area contributed by atoms with Crippen molar-refractivity contribution in [3.05, 3.63) is 71.9 Å². The Bertz CT molecular complexity index is 1930. The molecule has 0 unspecified atom stereocenters. The van der Waals surface area contributed by atoms with Crippen molar-refractivity contribution in [1.82, 2.24) is 36.9 Å². The van der Waals surface area contributed by atoms with Gasteiger partial charge in [-0.05, 0) is 48.8 Å². The van der Waals surface area contributed by atoms with E-state index < -0.39 is 108 Å². The maximum absolute atomic E-state index is 13.9. The third-order valence-corrected chi connectivity index (χ3v) is 9.33. The van der Waals surface area contributed by atoms with Gasteiger partial charge in [0.2, 0.25) is 41.4 Å². The highest BCUT2D eigenvalue weighted by Crippen LogP contribution is 2.19. The van der Waals surface area contributed by atoms with Gasteiger partial charge >= 0.3 is 5.97 Å².